The summed E-state index contributed by atoms with van der Waals surface area (Å²) in [6, 6.07) is 0.197. The van der Waals surface area contributed by atoms with E-state index in [0.29, 0.717) is 0 Å². The molecule has 4 N–H and O–H groups in total. The van der Waals surface area contributed by atoms with Crippen LogP contribution in [0.4, 0.5) is 0 Å². The molecule has 1 aliphatic rings. The van der Waals surface area contributed by atoms with Gasteiger partial charge in [0.1, 0.15) is 0 Å². The molecule has 0 heterocycles. The van der Waals surface area contributed by atoms with Crippen molar-refractivity contribution in [3.8, 4) is 0 Å². The highest BCUT2D eigenvalue weighted by Gasteiger charge is 2.28. The van der Waals surface area contributed by atoms with Crippen molar-refractivity contribution in [1.82, 2.24) is 0 Å². The van der Waals surface area contributed by atoms with Gasteiger partial charge in [0, 0.05) is 6.04 Å². The topological polar surface area (TPSA) is 83.5 Å². The van der Waals surface area contributed by atoms with Crippen LogP contribution in [-0.2, 0) is 4.79 Å². The first kappa shape index (κ1) is 9.48. The molecular formula is C8H15NO3. The highest BCUT2D eigenvalue weighted by atomic mass is 16.4. The van der Waals surface area contributed by atoms with Crippen molar-refractivity contribution in [3.05, 3.63) is 0 Å². The molecule has 0 bridgehead atoms. The fraction of sp³-hybridized carbons (Fsp3) is 0.875. The van der Waals surface area contributed by atoms with E-state index in [9.17, 15) is 9.90 Å². The number of rotatable bonds is 2. The predicted octanol–water partition coefficient (Wildman–Crippen LogP) is -0.0506. The molecule has 1 aliphatic carbocycles. The van der Waals surface area contributed by atoms with E-state index in [4.69, 9.17) is 10.8 Å². The Bertz CT molecular complexity index is 164. The van der Waals surface area contributed by atoms with E-state index in [2.05, 4.69) is 0 Å². The maximum Gasteiger partial charge on any atom is 0.332 e. The maximum atomic E-state index is 10.4. The largest absolute Gasteiger partial charge is 0.479 e. The fourth-order valence-corrected chi connectivity index (χ4v) is 1.66. The Morgan fingerprint density at radius 3 is 2.25 bits per heavy atom. The highest BCUT2D eigenvalue weighted by Crippen LogP contribution is 2.25. The first-order valence-corrected chi connectivity index (χ1v) is 4.27. The van der Waals surface area contributed by atoms with E-state index >= 15 is 0 Å². The lowest BCUT2D eigenvalue weighted by Crippen LogP contribution is -2.35. The van der Waals surface area contributed by atoms with Gasteiger partial charge in [-0.25, -0.2) is 4.79 Å². The van der Waals surface area contributed by atoms with Crippen LogP contribution in [-0.4, -0.2) is 28.3 Å². The summed E-state index contributed by atoms with van der Waals surface area (Å²) in [5, 5.41) is 17.7. The molecule has 70 valence electrons. The Kier molecular flexibility index (Phi) is 3.05. The molecule has 1 saturated carbocycles. The van der Waals surface area contributed by atoms with Crippen molar-refractivity contribution < 1.29 is 15.0 Å². The minimum Gasteiger partial charge on any atom is -0.479 e. The van der Waals surface area contributed by atoms with Gasteiger partial charge in [0.25, 0.3) is 0 Å². The van der Waals surface area contributed by atoms with E-state index < -0.39 is 12.1 Å². The number of carboxylic acids is 1. The normalized spacial score (nSPS) is 32.8. The van der Waals surface area contributed by atoms with Crippen LogP contribution in [0.15, 0.2) is 0 Å². The molecule has 4 heteroatoms. The zero-order chi connectivity index (χ0) is 9.14. The molecule has 0 spiro atoms. The summed E-state index contributed by atoms with van der Waals surface area (Å²) < 4.78 is 0. The summed E-state index contributed by atoms with van der Waals surface area (Å²) in [7, 11) is 0. The second-order valence-electron chi connectivity index (χ2n) is 3.46. The van der Waals surface area contributed by atoms with Crippen molar-refractivity contribution in [1.29, 1.82) is 0 Å². The number of carboxylic acid groups (broad SMARTS) is 1. The second kappa shape index (κ2) is 3.87. The van der Waals surface area contributed by atoms with Gasteiger partial charge in [0.15, 0.2) is 6.10 Å². The minimum atomic E-state index is -1.20. The van der Waals surface area contributed by atoms with E-state index in [0.717, 1.165) is 25.7 Å². The van der Waals surface area contributed by atoms with Gasteiger partial charge in [-0.05, 0) is 31.6 Å². The molecule has 1 unspecified atom stereocenters. The minimum absolute atomic E-state index is 0.0951. The number of hydrogen-bond donors (Lipinski definition) is 3. The molecule has 12 heavy (non-hydrogen) atoms. The average molecular weight is 173 g/mol. The quantitative estimate of drug-likeness (QED) is 0.546. The number of nitrogens with two attached hydrogens (primary N) is 1. The first-order chi connectivity index (χ1) is 5.61. The van der Waals surface area contributed by atoms with Gasteiger partial charge in [0.05, 0.1) is 0 Å². The van der Waals surface area contributed by atoms with Crippen LogP contribution >= 0.6 is 0 Å². The molecule has 0 radical (unpaired) electrons. The van der Waals surface area contributed by atoms with Crippen molar-refractivity contribution in [2.24, 2.45) is 11.7 Å². The lowest BCUT2D eigenvalue weighted by molar-refractivity contribution is -0.150. The molecule has 0 aliphatic heterocycles. The number of aliphatic carboxylic acids is 1. The lowest BCUT2D eigenvalue weighted by atomic mass is 9.83. The van der Waals surface area contributed by atoms with Crippen molar-refractivity contribution in [3.63, 3.8) is 0 Å². The van der Waals surface area contributed by atoms with Gasteiger partial charge in [-0.1, -0.05) is 0 Å². The Morgan fingerprint density at radius 2 is 1.83 bits per heavy atom. The molecule has 1 atom stereocenters. The van der Waals surface area contributed by atoms with Gasteiger partial charge in [0.2, 0.25) is 0 Å². The number of hydrogen-bond acceptors (Lipinski definition) is 3. The van der Waals surface area contributed by atoms with Crippen molar-refractivity contribution >= 4 is 5.97 Å². The number of aliphatic hydroxyl groups is 1. The summed E-state index contributed by atoms with van der Waals surface area (Å²) in [6.07, 6.45) is 1.92. The second-order valence-corrected chi connectivity index (χ2v) is 3.46. The first-order valence-electron chi connectivity index (χ1n) is 4.27. The molecule has 0 saturated heterocycles. The van der Waals surface area contributed by atoms with Crippen LogP contribution in [0.2, 0.25) is 0 Å². The van der Waals surface area contributed by atoms with E-state index in [1.54, 1.807) is 0 Å². The van der Waals surface area contributed by atoms with Gasteiger partial charge in [-0.2, -0.15) is 0 Å². The molecule has 1 fully saturated rings. The standard InChI is InChI=1S/C8H15NO3/c9-6-3-1-5(2-4-6)7(10)8(11)12/h5-7,10H,1-4,9H2,(H,11,12). The predicted molar refractivity (Wildman–Crippen MR) is 43.6 cm³/mol. The van der Waals surface area contributed by atoms with Gasteiger partial charge >= 0.3 is 5.97 Å². The van der Waals surface area contributed by atoms with Gasteiger partial charge < -0.3 is 15.9 Å². The van der Waals surface area contributed by atoms with Crippen LogP contribution in [0.1, 0.15) is 25.7 Å². The average Bonchev–Trinajstić information content (AvgIpc) is 2.04. The van der Waals surface area contributed by atoms with E-state index in [1.165, 1.54) is 0 Å². The van der Waals surface area contributed by atoms with Crippen molar-refractivity contribution in [2.45, 2.75) is 37.8 Å². The van der Waals surface area contributed by atoms with E-state index in [-0.39, 0.29) is 12.0 Å². The molecule has 0 aromatic carbocycles. The number of carbonyl (C=O) groups is 1. The van der Waals surface area contributed by atoms with Crippen LogP contribution in [0.5, 0.6) is 0 Å². The third kappa shape index (κ3) is 2.19. The fourth-order valence-electron chi connectivity index (χ4n) is 1.66. The highest BCUT2D eigenvalue weighted by molar-refractivity contribution is 5.72. The van der Waals surface area contributed by atoms with Crippen LogP contribution in [0.25, 0.3) is 0 Å². The molecular weight excluding hydrogens is 158 g/mol. The summed E-state index contributed by atoms with van der Waals surface area (Å²) in [4.78, 5) is 10.4. The Labute approximate surface area is 71.4 Å². The molecule has 0 aromatic heterocycles. The monoisotopic (exact) mass is 173 g/mol. The Hall–Kier alpha value is -0.610. The maximum absolute atomic E-state index is 10.4. The number of aliphatic hydroxyl groups excluding tert-OH is 1. The van der Waals surface area contributed by atoms with Crippen molar-refractivity contribution in [2.75, 3.05) is 0 Å². The molecule has 0 amide bonds. The Balaban J connectivity index is 2.39. The molecule has 0 aromatic rings. The van der Waals surface area contributed by atoms with Crippen LogP contribution in [0, 0.1) is 5.92 Å². The third-order valence-corrected chi connectivity index (χ3v) is 2.52. The van der Waals surface area contributed by atoms with Crippen LogP contribution in [0.3, 0.4) is 0 Å². The molecule has 1 rings (SSSR count). The van der Waals surface area contributed by atoms with E-state index in [1.807, 2.05) is 0 Å². The Morgan fingerprint density at radius 1 is 1.33 bits per heavy atom. The molecule has 4 nitrogen and oxygen atoms in total. The summed E-state index contributed by atoms with van der Waals surface area (Å²) >= 11 is 0. The smallest absolute Gasteiger partial charge is 0.332 e. The summed E-state index contributed by atoms with van der Waals surface area (Å²) in [6.45, 7) is 0. The lowest BCUT2D eigenvalue weighted by Gasteiger charge is -2.27. The van der Waals surface area contributed by atoms with Gasteiger partial charge in [-0.3, -0.25) is 0 Å². The summed E-state index contributed by atoms with van der Waals surface area (Å²) in [5.74, 6) is -1.21. The summed E-state index contributed by atoms with van der Waals surface area (Å²) in [5.41, 5.74) is 5.64. The van der Waals surface area contributed by atoms with Crippen LogP contribution < -0.4 is 5.73 Å². The zero-order valence-corrected chi connectivity index (χ0v) is 6.94. The third-order valence-electron chi connectivity index (χ3n) is 2.52. The van der Waals surface area contributed by atoms with Gasteiger partial charge in [-0.15, -0.1) is 0 Å². The zero-order valence-electron chi connectivity index (χ0n) is 6.94. The SMILES string of the molecule is NC1CCC(C(O)C(=O)O)CC1.